The number of hydrogen-bond donors (Lipinski definition) is 1. The average molecular weight is 164 g/mol. The number of hydrogen-bond acceptors (Lipinski definition) is 1. The Bertz CT molecular complexity index is 279. The van der Waals surface area contributed by atoms with Crippen LogP contribution in [0, 0.1) is 0 Å². The molecule has 1 N–H and O–H groups in total. The number of aliphatic hydroxyl groups excluding tert-OH is 1. The van der Waals surface area contributed by atoms with E-state index in [2.05, 4.69) is 0 Å². The lowest BCUT2D eigenvalue weighted by Gasteiger charge is -1.94. The fourth-order valence-corrected chi connectivity index (χ4v) is 0.948. The molecule has 2 heteroatoms. The van der Waals surface area contributed by atoms with Gasteiger partial charge in [-0.05, 0) is 19.1 Å². The zero-order valence-corrected chi connectivity index (χ0v) is 7.44. The summed E-state index contributed by atoms with van der Waals surface area (Å²) >= 11 is 0. The minimum atomic E-state index is -0.384. The maximum absolute atomic E-state index is 9.01. The molecule has 2 nitrogen and oxygen atoms in total. The molecule has 1 aromatic heterocycles. The van der Waals surface area contributed by atoms with E-state index in [-0.39, 0.29) is 6.10 Å². The van der Waals surface area contributed by atoms with Crippen LogP contribution in [-0.2, 0) is 7.05 Å². The van der Waals surface area contributed by atoms with E-state index in [1.807, 2.05) is 42.1 Å². The van der Waals surface area contributed by atoms with Crippen LogP contribution in [-0.4, -0.2) is 11.2 Å². The van der Waals surface area contributed by atoms with Crippen molar-refractivity contribution in [3.8, 4) is 0 Å². The fraction of sp³-hybridized carbons (Fsp3) is 0.300. The van der Waals surface area contributed by atoms with E-state index in [1.54, 1.807) is 13.0 Å². The number of aromatic nitrogens is 1. The molecule has 0 aromatic carbocycles. The number of rotatable bonds is 2. The Balaban J connectivity index is 2.82. The molecule has 1 rings (SSSR count). The number of pyridine rings is 1. The lowest BCUT2D eigenvalue weighted by Crippen LogP contribution is -2.30. The minimum Gasteiger partial charge on any atom is -0.389 e. The molecule has 1 aromatic rings. The van der Waals surface area contributed by atoms with Gasteiger partial charge in [0, 0.05) is 18.2 Å². The Kier molecular flexibility index (Phi) is 3.00. The fourth-order valence-electron chi connectivity index (χ4n) is 0.948. The quantitative estimate of drug-likeness (QED) is 0.645. The second-order valence-corrected chi connectivity index (χ2v) is 2.84. The van der Waals surface area contributed by atoms with Crippen LogP contribution in [0.4, 0.5) is 0 Å². The molecule has 0 aliphatic heterocycles. The Labute approximate surface area is 72.8 Å². The first-order valence-electron chi connectivity index (χ1n) is 4.01. The van der Waals surface area contributed by atoms with Gasteiger partial charge >= 0.3 is 0 Å². The van der Waals surface area contributed by atoms with E-state index in [0.717, 1.165) is 5.69 Å². The summed E-state index contributed by atoms with van der Waals surface area (Å²) in [6.07, 6.45) is 5.26. The first-order chi connectivity index (χ1) is 5.70. The molecule has 0 unspecified atom stereocenters. The van der Waals surface area contributed by atoms with Crippen LogP contribution in [0.2, 0.25) is 0 Å². The Hall–Kier alpha value is -1.15. The molecular formula is C10H14NO+. The number of aryl methyl sites for hydroxylation is 1. The van der Waals surface area contributed by atoms with Crippen molar-refractivity contribution in [2.75, 3.05) is 0 Å². The highest BCUT2D eigenvalue weighted by Crippen LogP contribution is 1.95. The highest BCUT2D eigenvalue weighted by atomic mass is 16.3. The Morgan fingerprint density at radius 3 is 2.83 bits per heavy atom. The van der Waals surface area contributed by atoms with E-state index in [9.17, 15) is 0 Å². The van der Waals surface area contributed by atoms with Gasteiger partial charge in [-0.1, -0.05) is 0 Å². The highest BCUT2D eigenvalue weighted by Gasteiger charge is 1.98. The molecule has 0 aliphatic carbocycles. The molecule has 64 valence electrons. The SMILES string of the molecule is C[C@@H](O)/C=C\c1cccc[n+]1C. The van der Waals surface area contributed by atoms with E-state index in [0.29, 0.717) is 0 Å². The van der Waals surface area contributed by atoms with Crippen molar-refractivity contribution < 1.29 is 9.67 Å². The molecule has 0 fully saturated rings. The third-order valence-corrected chi connectivity index (χ3v) is 1.64. The van der Waals surface area contributed by atoms with E-state index >= 15 is 0 Å². The van der Waals surface area contributed by atoms with Gasteiger partial charge in [-0.15, -0.1) is 0 Å². The van der Waals surface area contributed by atoms with Gasteiger partial charge in [-0.25, -0.2) is 4.57 Å². The molecule has 0 saturated heterocycles. The van der Waals surface area contributed by atoms with Crippen LogP contribution >= 0.6 is 0 Å². The Morgan fingerprint density at radius 2 is 2.25 bits per heavy atom. The van der Waals surface area contributed by atoms with Gasteiger partial charge in [0.2, 0.25) is 5.69 Å². The van der Waals surface area contributed by atoms with Crippen molar-refractivity contribution in [1.82, 2.24) is 0 Å². The van der Waals surface area contributed by atoms with Crippen molar-refractivity contribution >= 4 is 6.08 Å². The molecule has 1 atom stereocenters. The maximum atomic E-state index is 9.01. The van der Waals surface area contributed by atoms with Crippen molar-refractivity contribution in [3.05, 3.63) is 36.2 Å². The monoisotopic (exact) mass is 164 g/mol. The first kappa shape index (κ1) is 8.94. The molecular weight excluding hydrogens is 150 g/mol. The summed E-state index contributed by atoms with van der Waals surface area (Å²) < 4.78 is 2.00. The summed E-state index contributed by atoms with van der Waals surface area (Å²) in [4.78, 5) is 0. The van der Waals surface area contributed by atoms with Gasteiger partial charge in [-0.3, -0.25) is 0 Å². The topological polar surface area (TPSA) is 24.1 Å². The molecule has 0 radical (unpaired) electrons. The smallest absolute Gasteiger partial charge is 0.204 e. The van der Waals surface area contributed by atoms with Gasteiger partial charge in [0.25, 0.3) is 0 Å². The van der Waals surface area contributed by atoms with Crippen molar-refractivity contribution in [2.24, 2.45) is 7.05 Å². The molecule has 0 bridgehead atoms. The van der Waals surface area contributed by atoms with Gasteiger partial charge < -0.3 is 5.11 Å². The summed E-state index contributed by atoms with van der Waals surface area (Å²) in [5.41, 5.74) is 1.08. The predicted molar refractivity (Wildman–Crippen MR) is 48.3 cm³/mol. The second-order valence-electron chi connectivity index (χ2n) is 2.84. The van der Waals surface area contributed by atoms with E-state index < -0.39 is 0 Å². The zero-order chi connectivity index (χ0) is 8.97. The summed E-state index contributed by atoms with van der Waals surface area (Å²) in [6.45, 7) is 1.74. The van der Waals surface area contributed by atoms with Gasteiger partial charge in [0.05, 0.1) is 6.10 Å². The third kappa shape index (κ3) is 2.47. The summed E-state index contributed by atoms with van der Waals surface area (Å²) in [6, 6.07) is 5.94. The average Bonchev–Trinajstić information content (AvgIpc) is 2.03. The largest absolute Gasteiger partial charge is 0.389 e. The zero-order valence-electron chi connectivity index (χ0n) is 7.44. The number of nitrogens with zero attached hydrogens (tertiary/aromatic N) is 1. The third-order valence-electron chi connectivity index (χ3n) is 1.64. The van der Waals surface area contributed by atoms with Crippen molar-refractivity contribution in [1.29, 1.82) is 0 Å². The summed E-state index contributed by atoms with van der Waals surface area (Å²) in [5.74, 6) is 0. The van der Waals surface area contributed by atoms with E-state index in [4.69, 9.17) is 5.11 Å². The van der Waals surface area contributed by atoms with Crippen LogP contribution in [0.25, 0.3) is 6.08 Å². The molecule has 12 heavy (non-hydrogen) atoms. The van der Waals surface area contributed by atoms with Crippen LogP contribution < -0.4 is 4.57 Å². The van der Waals surface area contributed by atoms with Crippen LogP contribution in [0.5, 0.6) is 0 Å². The predicted octanol–water partition coefficient (Wildman–Crippen LogP) is 0.905. The lowest BCUT2D eigenvalue weighted by atomic mass is 10.3. The Morgan fingerprint density at radius 1 is 1.50 bits per heavy atom. The van der Waals surface area contributed by atoms with Gasteiger partial charge in [0.1, 0.15) is 7.05 Å². The first-order valence-corrected chi connectivity index (χ1v) is 4.01. The van der Waals surface area contributed by atoms with Crippen LogP contribution in [0.15, 0.2) is 30.5 Å². The van der Waals surface area contributed by atoms with E-state index in [1.165, 1.54) is 0 Å². The van der Waals surface area contributed by atoms with Crippen LogP contribution in [0.1, 0.15) is 12.6 Å². The van der Waals surface area contributed by atoms with Crippen molar-refractivity contribution in [3.63, 3.8) is 0 Å². The molecule has 0 amide bonds. The number of aliphatic hydroxyl groups is 1. The van der Waals surface area contributed by atoms with Gasteiger partial charge in [-0.2, -0.15) is 0 Å². The maximum Gasteiger partial charge on any atom is 0.204 e. The molecule has 1 heterocycles. The molecule has 0 aliphatic rings. The van der Waals surface area contributed by atoms with Crippen LogP contribution in [0.3, 0.4) is 0 Å². The summed E-state index contributed by atoms with van der Waals surface area (Å²) in [7, 11) is 1.97. The van der Waals surface area contributed by atoms with Crippen molar-refractivity contribution in [2.45, 2.75) is 13.0 Å². The molecule has 0 saturated carbocycles. The highest BCUT2D eigenvalue weighted by molar-refractivity contribution is 5.41. The lowest BCUT2D eigenvalue weighted by molar-refractivity contribution is -0.673. The van der Waals surface area contributed by atoms with Gasteiger partial charge in [0.15, 0.2) is 6.20 Å². The summed E-state index contributed by atoms with van der Waals surface area (Å²) in [5, 5.41) is 9.01. The normalized spacial score (nSPS) is 13.6. The standard InChI is InChI=1S/C10H14NO/c1-9(12)6-7-10-5-3-4-8-11(10)2/h3-9,12H,1-2H3/q+1/b7-6-/t9-/m1/s1. The minimum absolute atomic E-state index is 0.384. The second kappa shape index (κ2) is 4.02. The molecule has 0 spiro atoms.